The summed E-state index contributed by atoms with van der Waals surface area (Å²) in [5.41, 5.74) is 10.3. The van der Waals surface area contributed by atoms with Crippen molar-refractivity contribution in [3.05, 3.63) is 0 Å². The van der Waals surface area contributed by atoms with Gasteiger partial charge in [0.25, 0.3) is 0 Å². The van der Waals surface area contributed by atoms with E-state index in [1.807, 2.05) is 0 Å². The van der Waals surface area contributed by atoms with Crippen LogP contribution in [0.25, 0.3) is 0 Å². The van der Waals surface area contributed by atoms with E-state index in [1.54, 1.807) is 0 Å². The Morgan fingerprint density at radius 1 is 1.92 bits per heavy atom. The first-order chi connectivity index (χ1) is 6.32. The summed E-state index contributed by atoms with van der Waals surface area (Å²) < 4.78 is 14.6. The van der Waals surface area contributed by atoms with Crippen LogP contribution >= 0.6 is 0 Å². The van der Waals surface area contributed by atoms with Crippen molar-refractivity contribution in [2.45, 2.75) is 18.9 Å². The fourth-order valence-electron chi connectivity index (χ4n) is 1.07. The van der Waals surface area contributed by atoms with E-state index in [-0.39, 0.29) is 12.8 Å². The van der Waals surface area contributed by atoms with Crippen molar-refractivity contribution in [1.29, 1.82) is 0 Å². The van der Waals surface area contributed by atoms with Gasteiger partial charge in [-0.15, -0.1) is 0 Å². The van der Waals surface area contributed by atoms with Gasteiger partial charge in [0.2, 0.25) is 11.8 Å². The maximum absolute atomic E-state index is 11.2. The third-order valence-corrected chi connectivity index (χ3v) is 1.83. The summed E-state index contributed by atoms with van der Waals surface area (Å²) in [6, 6.07) is -0.889. The quantitative estimate of drug-likeness (QED) is 0.475. The number of carbonyl (C=O) groups excluding carboxylic acids is 2. The molecular weight excluding hydrogens is 158 g/mol. The van der Waals surface area contributed by atoms with E-state index in [4.69, 9.17) is 14.2 Å². The molecule has 12 heavy (non-hydrogen) atoms. The highest BCUT2D eigenvalue weighted by Gasteiger charge is 2.27. The van der Waals surface area contributed by atoms with Gasteiger partial charge in [0.1, 0.15) is 0 Å². The van der Waals surface area contributed by atoms with E-state index in [2.05, 4.69) is 5.32 Å². The molecule has 0 radical (unpaired) electrons. The van der Waals surface area contributed by atoms with Crippen molar-refractivity contribution in [2.75, 3.05) is 6.50 Å². The predicted octanol–water partition coefficient (Wildman–Crippen LogP) is -1.67. The van der Waals surface area contributed by atoms with Crippen molar-refractivity contribution >= 4 is 11.8 Å². The summed E-state index contributed by atoms with van der Waals surface area (Å²) in [6.45, 7) is -1.70. The van der Waals surface area contributed by atoms with Crippen LogP contribution in [0.4, 0.5) is 0 Å². The normalized spacial score (nSPS) is 31.8. The zero-order valence-corrected chi connectivity index (χ0v) is 6.54. The summed E-state index contributed by atoms with van der Waals surface area (Å²) in [5, 5.41) is 2.17. The molecule has 1 saturated heterocycles. The second kappa shape index (κ2) is 3.53. The molecule has 1 aliphatic heterocycles. The third kappa shape index (κ3) is 1.94. The Bertz CT molecular complexity index is 270. The lowest BCUT2D eigenvalue weighted by Crippen LogP contribution is -2.39. The maximum atomic E-state index is 11.2. The zero-order chi connectivity index (χ0) is 10.9. The largest absolute Gasteiger partial charge is 0.368 e. The summed E-state index contributed by atoms with van der Waals surface area (Å²) in [4.78, 5) is 21.8. The number of carbonyl (C=O) groups is 2. The molecule has 5 N–H and O–H groups in total. The van der Waals surface area contributed by atoms with E-state index in [1.165, 1.54) is 0 Å². The topological polar surface area (TPSA) is 98.2 Å². The molecule has 0 aliphatic carbocycles. The molecule has 68 valence electrons. The first-order valence-corrected chi connectivity index (χ1v) is 3.69. The smallest absolute Gasteiger partial charge is 0.234 e. The first kappa shape index (κ1) is 6.42. The van der Waals surface area contributed by atoms with Gasteiger partial charge in [-0.1, -0.05) is 0 Å². The fourth-order valence-corrected chi connectivity index (χ4v) is 1.07. The van der Waals surface area contributed by atoms with Crippen LogP contribution in [0, 0.1) is 5.92 Å². The lowest BCUT2D eigenvalue weighted by atomic mass is 9.99. The Hall–Kier alpha value is -1.10. The number of nitrogens with two attached hydrogens (primary N) is 2. The minimum atomic E-state index is -1.70. The predicted molar refractivity (Wildman–Crippen MR) is 42.9 cm³/mol. The van der Waals surface area contributed by atoms with E-state index in [0.29, 0.717) is 0 Å². The van der Waals surface area contributed by atoms with Crippen LogP contribution in [0.3, 0.4) is 0 Å². The molecule has 0 unspecified atom stereocenters. The first-order valence-electron chi connectivity index (χ1n) is 4.69. The van der Waals surface area contributed by atoms with Crippen molar-refractivity contribution in [2.24, 2.45) is 17.4 Å². The summed E-state index contributed by atoms with van der Waals surface area (Å²) >= 11 is 0. The molecule has 0 saturated carbocycles. The van der Waals surface area contributed by atoms with Crippen LogP contribution in [-0.4, -0.2) is 24.4 Å². The molecule has 1 fully saturated rings. The second-order valence-electron chi connectivity index (χ2n) is 2.81. The van der Waals surface area contributed by atoms with Gasteiger partial charge in [-0.05, 0) is 12.8 Å². The standard InChI is InChI=1S/C7H13N3O2/c8-5(6(9)11)3-4-1-2-10-7(4)12/h4-5H,1-3,8H2,(H2,9,11)(H,10,12)/t4-,5+/m0/s1/i2D2. The number of amides is 2. The van der Waals surface area contributed by atoms with Crippen LogP contribution in [0.2, 0.25) is 0 Å². The van der Waals surface area contributed by atoms with Crippen molar-refractivity contribution in [3.8, 4) is 0 Å². The van der Waals surface area contributed by atoms with Gasteiger partial charge in [0.05, 0.1) is 6.04 Å². The van der Waals surface area contributed by atoms with Gasteiger partial charge in [-0.2, -0.15) is 0 Å². The van der Waals surface area contributed by atoms with Crippen molar-refractivity contribution in [1.82, 2.24) is 5.32 Å². The summed E-state index contributed by atoms with van der Waals surface area (Å²) in [5.74, 6) is -1.65. The molecule has 0 spiro atoms. The van der Waals surface area contributed by atoms with E-state index < -0.39 is 30.3 Å². The van der Waals surface area contributed by atoms with Gasteiger partial charge in [0.15, 0.2) is 0 Å². The molecular formula is C7H13N3O2. The average molecular weight is 173 g/mol. The molecule has 0 aromatic heterocycles. The lowest BCUT2D eigenvalue weighted by Gasteiger charge is -2.10. The molecule has 5 heteroatoms. The number of hydrogen-bond donors (Lipinski definition) is 3. The van der Waals surface area contributed by atoms with Gasteiger partial charge < -0.3 is 16.8 Å². The molecule has 1 rings (SSSR count). The molecule has 0 bridgehead atoms. The summed E-state index contributed by atoms with van der Waals surface area (Å²) in [6.07, 6.45) is 0.132. The molecule has 2 atom stereocenters. The fraction of sp³-hybridized carbons (Fsp3) is 0.714. The SMILES string of the molecule is [2H]C1([2H])C[C@@H](C[C@@H](N)C(N)=O)C(=O)N1. The Morgan fingerprint density at radius 2 is 2.58 bits per heavy atom. The average Bonchev–Trinajstić information content (AvgIpc) is 2.24. The Kier molecular flexibility index (Phi) is 1.89. The van der Waals surface area contributed by atoms with Crippen LogP contribution in [-0.2, 0) is 9.59 Å². The minimum Gasteiger partial charge on any atom is -0.368 e. The second-order valence-corrected chi connectivity index (χ2v) is 2.81. The zero-order valence-electron chi connectivity index (χ0n) is 8.54. The van der Waals surface area contributed by atoms with Crippen molar-refractivity contribution in [3.63, 3.8) is 0 Å². The Labute approximate surface area is 73.3 Å². The van der Waals surface area contributed by atoms with Crippen LogP contribution in [0.1, 0.15) is 15.6 Å². The Morgan fingerprint density at radius 3 is 3.00 bits per heavy atom. The molecule has 0 aromatic carbocycles. The van der Waals surface area contributed by atoms with E-state index >= 15 is 0 Å². The summed E-state index contributed by atoms with van der Waals surface area (Å²) in [7, 11) is 0. The number of rotatable bonds is 3. The monoisotopic (exact) mass is 173 g/mol. The molecule has 0 aromatic rings. The van der Waals surface area contributed by atoms with Gasteiger partial charge >= 0.3 is 0 Å². The van der Waals surface area contributed by atoms with E-state index in [9.17, 15) is 9.59 Å². The molecule has 2 amide bonds. The molecule has 1 heterocycles. The van der Waals surface area contributed by atoms with Crippen molar-refractivity contribution < 1.29 is 12.3 Å². The number of hydrogen-bond acceptors (Lipinski definition) is 3. The van der Waals surface area contributed by atoms with Gasteiger partial charge in [-0.3, -0.25) is 9.59 Å². The highest BCUT2D eigenvalue weighted by molar-refractivity contribution is 5.83. The highest BCUT2D eigenvalue weighted by Crippen LogP contribution is 2.14. The van der Waals surface area contributed by atoms with Crippen LogP contribution < -0.4 is 16.8 Å². The Balaban J connectivity index is 2.55. The third-order valence-electron chi connectivity index (χ3n) is 1.83. The lowest BCUT2D eigenvalue weighted by molar-refractivity contribution is -0.123. The highest BCUT2D eigenvalue weighted by atomic mass is 16.2. The van der Waals surface area contributed by atoms with Crippen LogP contribution in [0.5, 0.6) is 0 Å². The number of primary amides is 1. The van der Waals surface area contributed by atoms with Gasteiger partial charge in [-0.25, -0.2) is 0 Å². The molecule has 5 nitrogen and oxygen atoms in total. The molecule has 1 aliphatic rings. The van der Waals surface area contributed by atoms with Gasteiger partial charge in [0, 0.05) is 15.2 Å². The minimum absolute atomic E-state index is 0.0345. The number of nitrogens with one attached hydrogen (secondary N) is 1. The van der Waals surface area contributed by atoms with Crippen LogP contribution in [0.15, 0.2) is 0 Å². The maximum Gasteiger partial charge on any atom is 0.234 e. The van der Waals surface area contributed by atoms with E-state index in [0.717, 1.165) is 0 Å².